The molecule has 0 N–H and O–H groups in total. The van der Waals surface area contributed by atoms with Crippen LogP contribution in [0.3, 0.4) is 0 Å². The van der Waals surface area contributed by atoms with Gasteiger partial charge in [0, 0.05) is 19.6 Å². The summed E-state index contributed by atoms with van der Waals surface area (Å²) in [5.41, 5.74) is 3.33. The van der Waals surface area contributed by atoms with Gasteiger partial charge in [-0.1, -0.05) is 42.5 Å². The zero-order valence-corrected chi connectivity index (χ0v) is 16.9. The summed E-state index contributed by atoms with van der Waals surface area (Å²) in [4.78, 5) is 2.25. The highest BCUT2D eigenvalue weighted by atomic mass is 32.2. The van der Waals surface area contributed by atoms with Crippen LogP contribution in [-0.2, 0) is 30.1 Å². The Bertz CT molecular complexity index is 1120. The number of nitrogens with zero attached hydrogens (tertiary/aromatic N) is 3. The molecule has 1 saturated heterocycles. The maximum atomic E-state index is 12.1. The molecule has 0 aliphatic carbocycles. The molecule has 1 aromatic heterocycles. The number of rotatable bonds is 5. The Hall–Kier alpha value is -1.96. The first kappa shape index (κ1) is 18.4. The van der Waals surface area contributed by atoms with Crippen LogP contribution in [0.2, 0.25) is 0 Å². The summed E-state index contributed by atoms with van der Waals surface area (Å²) in [7, 11) is -0.980. The van der Waals surface area contributed by atoms with Crippen molar-refractivity contribution in [3.05, 3.63) is 64.9 Å². The number of fused-ring (bicyclic) bond motifs is 1. The highest BCUT2D eigenvalue weighted by Crippen LogP contribution is 2.23. The predicted molar refractivity (Wildman–Crippen MR) is 111 cm³/mol. The van der Waals surface area contributed by atoms with Gasteiger partial charge < -0.3 is 9.13 Å². The fourth-order valence-electron chi connectivity index (χ4n) is 3.86. The van der Waals surface area contributed by atoms with Crippen molar-refractivity contribution < 1.29 is 8.42 Å². The van der Waals surface area contributed by atoms with Crippen LogP contribution >= 0.6 is 12.2 Å². The van der Waals surface area contributed by atoms with Crippen LogP contribution < -0.4 is 0 Å². The fraction of sp³-hybridized carbons (Fsp3) is 0.350. The third-order valence-electron chi connectivity index (χ3n) is 5.33. The van der Waals surface area contributed by atoms with Crippen LogP contribution in [-0.4, -0.2) is 40.0 Å². The molecule has 0 unspecified atom stereocenters. The minimum atomic E-state index is -2.95. The Balaban J connectivity index is 1.71. The molecule has 1 atom stereocenters. The Kier molecular flexibility index (Phi) is 4.92. The second-order valence-electron chi connectivity index (χ2n) is 7.19. The number of sulfone groups is 1. The van der Waals surface area contributed by atoms with Gasteiger partial charge in [-0.05, 0) is 36.3 Å². The van der Waals surface area contributed by atoms with E-state index in [0.717, 1.165) is 15.8 Å². The lowest BCUT2D eigenvalue weighted by molar-refractivity contribution is 0.157. The van der Waals surface area contributed by atoms with Gasteiger partial charge in [0.1, 0.15) is 0 Å². The number of hydrogen-bond acceptors (Lipinski definition) is 4. The van der Waals surface area contributed by atoms with E-state index in [1.165, 1.54) is 5.56 Å². The minimum Gasteiger partial charge on any atom is -0.320 e. The van der Waals surface area contributed by atoms with Gasteiger partial charge in [0.15, 0.2) is 14.6 Å². The summed E-state index contributed by atoms with van der Waals surface area (Å²) < 4.78 is 29.0. The lowest BCUT2D eigenvalue weighted by Gasteiger charge is -2.28. The maximum absolute atomic E-state index is 12.1. The maximum Gasteiger partial charge on any atom is 0.181 e. The molecular weight excluding hydrogens is 378 g/mol. The standard InChI is InChI=1S/C20H23N3O2S2/c1-21-18-9-5-6-10-19(18)23(20(21)26)15-22(13-16-7-3-2-4-8-16)17-11-12-27(24,25)14-17/h2-10,17H,11-15H2,1H3/t17-/m1/s1. The first-order valence-corrected chi connectivity index (χ1v) is 11.3. The molecule has 0 bridgehead atoms. The van der Waals surface area contributed by atoms with E-state index in [-0.39, 0.29) is 17.5 Å². The summed E-state index contributed by atoms with van der Waals surface area (Å²) in [5.74, 6) is 0.488. The smallest absolute Gasteiger partial charge is 0.181 e. The molecule has 4 rings (SSSR count). The molecule has 2 heterocycles. The third-order valence-corrected chi connectivity index (χ3v) is 7.57. The summed E-state index contributed by atoms with van der Waals surface area (Å²) in [6, 6.07) is 18.3. The van der Waals surface area contributed by atoms with Crippen molar-refractivity contribution in [2.45, 2.75) is 25.7 Å². The van der Waals surface area contributed by atoms with Crippen molar-refractivity contribution in [1.29, 1.82) is 0 Å². The van der Waals surface area contributed by atoms with E-state index in [9.17, 15) is 8.42 Å². The number of imidazole rings is 1. The van der Waals surface area contributed by atoms with E-state index in [1.54, 1.807) is 0 Å². The van der Waals surface area contributed by atoms with Crippen LogP contribution in [0, 0.1) is 4.77 Å². The van der Waals surface area contributed by atoms with E-state index in [0.29, 0.717) is 19.6 Å². The quantitative estimate of drug-likeness (QED) is 0.615. The topological polar surface area (TPSA) is 47.2 Å². The van der Waals surface area contributed by atoms with Gasteiger partial charge >= 0.3 is 0 Å². The molecule has 27 heavy (non-hydrogen) atoms. The van der Waals surface area contributed by atoms with Gasteiger partial charge in [-0.15, -0.1) is 0 Å². The zero-order chi connectivity index (χ0) is 19.0. The van der Waals surface area contributed by atoms with Crippen LogP contribution in [0.5, 0.6) is 0 Å². The fourth-order valence-corrected chi connectivity index (χ4v) is 5.87. The van der Waals surface area contributed by atoms with Gasteiger partial charge in [0.05, 0.1) is 29.2 Å². The predicted octanol–water partition coefficient (Wildman–Crippen LogP) is 3.36. The molecule has 142 valence electrons. The van der Waals surface area contributed by atoms with E-state index < -0.39 is 9.84 Å². The number of benzene rings is 2. The summed E-state index contributed by atoms with van der Waals surface area (Å²) in [5, 5.41) is 0. The van der Waals surface area contributed by atoms with Gasteiger partial charge in [-0.3, -0.25) is 4.90 Å². The molecule has 0 spiro atoms. The van der Waals surface area contributed by atoms with Crippen molar-refractivity contribution in [3.8, 4) is 0 Å². The molecule has 3 aromatic rings. The second-order valence-corrected chi connectivity index (χ2v) is 9.78. The zero-order valence-electron chi connectivity index (χ0n) is 15.3. The van der Waals surface area contributed by atoms with Crippen molar-refractivity contribution in [2.24, 2.45) is 7.05 Å². The van der Waals surface area contributed by atoms with Crippen molar-refractivity contribution in [2.75, 3.05) is 11.5 Å². The number of para-hydroxylation sites is 2. The summed E-state index contributed by atoms with van der Waals surface area (Å²) in [6.45, 7) is 1.28. The lowest BCUT2D eigenvalue weighted by atomic mass is 10.1. The first-order chi connectivity index (χ1) is 12.9. The SMILES string of the molecule is Cn1c(=S)n(CN(Cc2ccccc2)[C@@H]2CCS(=O)(=O)C2)c2ccccc21. The molecular formula is C20H23N3O2S2. The summed E-state index contributed by atoms with van der Waals surface area (Å²) in [6.07, 6.45) is 0.674. The van der Waals surface area contributed by atoms with Gasteiger partial charge in [-0.2, -0.15) is 0 Å². The van der Waals surface area contributed by atoms with Crippen LogP contribution in [0.15, 0.2) is 54.6 Å². The highest BCUT2D eigenvalue weighted by molar-refractivity contribution is 7.91. The van der Waals surface area contributed by atoms with Crippen molar-refractivity contribution in [3.63, 3.8) is 0 Å². The van der Waals surface area contributed by atoms with E-state index in [1.807, 2.05) is 41.9 Å². The van der Waals surface area contributed by atoms with E-state index in [2.05, 4.69) is 33.7 Å². The number of aromatic nitrogens is 2. The van der Waals surface area contributed by atoms with Crippen molar-refractivity contribution in [1.82, 2.24) is 14.0 Å². The molecule has 7 heteroatoms. The van der Waals surface area contributed by atoms with Crippen LogP contribution in [0.1, 0.15) is 12.0 Å². The molecule has 1 aliphatic heterocycles. The number of aryl methyl sites for hydroxylation is 1. The monoisotopic (exact) mass is 401 g/mol. The van der Waals surface area contributed by atoms with E-state index >= 15 is 0 Å². The van der Waals surface area contributed by atoms with E-state index in [4.69, 9.17) is 12.2 Å². The highest BCUT2D eigenvalue weighted by Gasteiger charge is 2.32. The van der Waals surface area contributed by atoms with Crippen LogP contribution in [0.25, 0.3) is 11.0 Å². The molecule has 1 fully saturated rings. The summed E-state index contributed by atoms with van der Waals surface area (Å²) >= 11 is 5.68. The third kappa shape index (κ3) is 3.72. The van der Waals surface area contributed by atoms with Crippen molar-refractivity contribution >= 4 is 33.1 Å². The largest absolute Gasteiger partial charge is 0.320 e. The molecule has 2 aromatic carbocycles. The molecule has 0 radical (unpaired) electrons. The molecule has 0 amide bonds. The lowest BCUT2D eigenvalue weighted by Crippen LogP contribution is -2.37. The number of hydrogen-bond donors (Lipinski definition) is 0. The Morgan fingerprint density at radius 3 is 2.41 bits per heavy atom. The average Bonchev–Trinajstić information content (AvgIpc) is 3.14. The van der Waals surface area contributed by atoms with Gasteiger partial charge in [0.25, 0.3) is 0 Å². The Labute approximate surface area is 164 Å². The first-order valence-electron chi connectivity index (χ1n) is 9.07. The normalized spacial score (nSPS) is 19.1. The van der Waals surface area contributed by atoms with Gasteiger partial charge in [0.2, 0.25) is 0 Å². The second kappa shape index (κ2) is 7.22. The Morgan fingerprint density at radius 2 is 1.74 bits per heavy atom. The minimum absolute atomic E-state index is 0.0103. The Morgan fingerprint density at radius 1 is 1.07 bits per heavy atom. The van der Waals surface area contributed by atoms with Gasteiger partial charge in [-0.25, -0.2) is 8.42 Å². The average molecular weight is 402 g/mol. The molecule has 5 nitrogen and oxygen atoms in total. The molecule has 0 saturated carbocycles. The van der Waals surface area contributed by atoms with Crippen LogP contribution in [0.4, 0.5) is 0 Å². The molecule has 1 aliphatic rings.